The monoisotopic (exact) mass is 312 g/mol. The van der Waals surface area contributed by atoms with Gasteiger partial charge in [-0.1, -0.05) is 6.92 Å². The van der Waals surface area contributed by atoms with Crippen LogP contribution in [0, 0.1) is 5.92 Å². The summed E-state index contributed by atoms with van der Waals surface area (Å²) in [4.78, 5) is 0. The molecule has 2 aliphatic carbocycles. The molecule has 0 saturated heterocycles. The largest absolute Gasteiger partial charge is 0.447 e. The molecular formula is C15H24N2O3S. The van der Waals surface area contributed by atoms with E-state index in [9.17, 15) is 8.42 Å². The van der Waals surface area contributed by atoms with Crippen LogP contribution >= 0.6 is 0 Å². The van der Waals surface area contributed by atoms with E-state index in [2.05, 4.69) is 5.32 Å². The Labute approximate surface area is 126 Å². The highest BCUT2D eigenvalue weighted by atomic mass is 32.2. The molecule has 1 heterocycles. The highest BCUT2D eigenvalue weighted by Crippen LogP contribution is 2.32. The van der Waals surface area contributed by atoms with Crippen molar-refractivity contribution in [2.24, 2.45) is 5.92 Å². The van der Waals surface area contributed by atoms with Gasteiger partial charge in [0.25, 0.3) is 10.0 Å². The molecule has 0 unspecified atom stereocenters. The predicted octanol–water partition coefficient (Wildman–Crippen LogP) is 2.34. The smallest absolute Gasteiger partial charge is 0.276 e. The molecule has 118 valence electrons. The minimum atomic E-state index is -3.48. The normalized spacial score (nSPS) is 19.3. The zero-order chi connectivity index (χ0) is 14.9. The van der Waals surface area contributed by atoms with Crippen molar-refractivity contribution >= 4 is 10.0 Å². The summed E-state index contributed by atoms with van der Waals surface area (Å²) in [5.74, 6) is 1.24. The van der Waals surface area contributed by atoms with Crippen LogP contribution in [0.25, 0.3) is 0 Å². The molecule has 0 bridgehead atoms. The van der Waals surface area contributed by atoms with Gasteiger partial charge in [0, 0.05) is 19.1 Å². The lowest BCUT2D eigenvalue weighted by Gasteiger charge is -2.19. The van der Waals surface area contributed by atoms with Gasteiger partial charge in [-0.25, -0.2) is 8.42 Å². The van der Waals surface area contributed by atoms with E-state index in [0.717, 1.165) is 19.3 Å². The lowest BCUT2D eigenvalue weighted by Crippen LogP contribution is -2.33. The molecule has 0 atom stereocenters. The lowest BCUT2D eigenvalue weighted by atomic mass is 10.4. The molecule has 21 heavy (non-hydrogen) atoms. The molecule has 3 rings (SSSR count). The zero-order valence-electron chi connectivity index (χ0n) is 12.5. The van der Waals surface area contributed by atoms with Gasteiger partial charge < -0.3 is 9.73 Å². The number of nitrogens with zero attached hydrogens (tertiary/aromatic N) is 1. The molecular weight excluding hydrogens is 288 g/mol. The van der Waals surface area contributed by atoms with Gasteiger partial charge in [-0.3, -0.25) is 0 Å². The summed E-state index contributed by atoms with van der Waals surface area (Å²) in [6.07, 6.45) is 5.52. The third-order valence-corrected chi connectivity index (χ3v) is 5.74. The third-order valence-electron chi connectivity index (χ3n) is 4.01. The molecule has 1 aromatic heterocycles. The van der Waals surface area contributed by atoms with E-state index < -0.39 is 10.0 Å². The molecule has 2 saturated carbocycles. The topological polar surface area (TPSA) is 62.6 Å². The molecule has 1 aromatic rings. The van der Waals surface area contributed by atoms with E-state index >= 15 is 0 Å². The van der Waals surface area contributed by atoms with Gasteiger partial charge in [0.2, 0.25) is 5.09 Å². The molecule has 0 aromatic carbocycles. The van der Waals surface area contributed by atoms with Crippen LogP contribution in [-0.2, 0) is 16.6 Å². The molecule has 2 fully saturated rings. The first kappa shape index (κ1) is 15.1. The Morgan fingerprint density at radius 1 is 1.29 bits per heavy atom. The van der Waals surface area contributed by atoms with E-state index in [4.69, 9.17) is 4.42 Å². The Kier molecular flexibility index (Phi) is 4.38. The van der Waals surface area contributed by atoms with Crippen LogP contribution in [-0.4, -0.2) is 31.9 Å². The van der Waals surface area contributed by atoms with Crippen LogP contribution < -0.4 is 5.32 Å². The number of sulfonamides is 1. The maximum absolute atomic E-state index is 12.7. The van der Waals surface area contributed by atoms with Crippen molar-refractivity contribution in [3.8, 4) is 0 Å². The van der Waals surface area contributed by atoms with Crippen molar-refractivity contribution in [1.29, 1.82) is 0 Å². The minimum Gasteiger partial charge on any atom is -0.447 e. The standard InChI is InChI=1S/C15H24N2O3S/c1-2-9-17(11-12-3-4-12)21(18,19)15-8-7-14(20-15)10-16-13-5-6-13/h7-8,12-13,16H,2-6,9-11H2,1H3. The first-order valence-corrected chi connectivity index (χ1v) is 9.36. The van der Waals surface area contributed by atoms with Crippen LogP contribution in [0.1, 0.15) is 44.8 Å². The van der Waals surface area contributed by atoms with Crippen molar-refractivity contribution in [2.45, 2.75) is 56.7 Å². The zero-order valence-corrected chi connectivity index (χ0v) is 13.4. The highest BCUT2D eigenvalue weighted by molar-refractivity contribution is 7.89. The van der Waals surface area contributed by atoms with Crippen molar-refractivity contribution in [2.75, 3.05) is 13.1 Å². The van der Waals surface area contributed by atoms with Crippen molar-refractivity contribution in [1.82, 2.24) is 9.62 Å². The van der Waals surface area contributed by atoms with Crippen LogP contribution in [0.5, 0.6) is 0 Å². The van der Waals surface area contributed by atoms with Crippen LogP contribution in [0.4, 0.5) is 0 Å². The van der Waals surface area contributed by atoms with Crippen molar-refractivity contribution in [3.63, 3.8) is 0 Å². The quantitative estimate of drug-likeness (QED) is 0.760. The lowest BCUT2D eigenvalue weighted by molar-refractivity contribution is 0.355. The average molecular weight is 312 g/mol. The Bertz CT molecular complexity index is 573. The first-order chi connectivity index (χ1) is 10.1. The molecule has 1 N–H and O–H groups in total. The van der Waals surface area contributed by atoms with E-state index in [-0.39, 0.29) is 5.09 Å². The Balaban J connectivity index is 1.68. The van der Waals surface area contributed by atoms with Gasteiger partial charge in [-0.05, 0) is 50.2 Å². The molecule has 0 amide bonds. The van der Waals surface area contributed by atoms with E-state index in [1.807, 2.05) is 6.92 Å². The van der Waals surface area contributed by atoms with E-state index in [1.54, 1.807) is 16.4 Å². The molecule has 2 aliphatic rings. The Hall–Kier alpha value is -0.850. The maximum Gasteiger partial charge on any atom is 0.276 e. The second-order valence-electron chi connectivity index (χ2n) is 6.18. The molecule has 0 aliphatic heterocycles. The van der Waals surface area contributed by atoms with E-state index in [1.165, 1.54) is 12.8 Å². The average Bonchev–Trinajstić information content (AvgIpc) is 3.37. The number of hydrogen-bond acceptors (Lipinski definition) is 4. The minimum absolute atomic E-state index is 0.0872. The summed E-state index contributed by atoms with van der Waals surface area (Å²) >= 11 is 0. The van der Waals surface area contributed by atoms with Crippen molar-refractivity contribution in [3.05, 3.63) is 17.9 Å². The second kappa shape index (κ2) is 6.10. The SMILES string of the molecule is CCCN(CC1CC1)S(=O)(=O)c1ccc(CNC2CC2)o1. The fourth-order valence-corrected chi connectivity index (χ4v) is 3.94. The summed E-state index contributed by atoms with van der Waals surface area (Å²) in [5.41, 5.74) is 0. The summed E-state index contributed by atoms with van der Waals surface area (Å²) in [5, 5.41) is 3.42. The summed E-state index contributed by atoms with van der Waals surface area (Å²) in [6, 6.07) is 3.94. The molecule has 6 heteroatoms. The highest BCUT2D eigenvalue weighted by Gasteiger charge is 2.33. The Morgan fingerprint density at radius 2 is 2.05 bits per heavy atom. The summed E-state index contributed by atoms with van der Waals surface area (Å²) < 4.78 is 32.5. The second-order valence-corrected chi connectivity index (χ2v) is 8.05. The van der Waals surface area contributed by atoms with E-state index in [0.29, 0.717) is 37.4 Å². The molecule has 0 spiro atoms. The fourth-order valence-electron chi connectivity index (χ4n) is 2.40. The number of furan rings is 1. The third kappa shape index (κ3) is 3.87. The van der Waals surface area contributed by atoms with Crippen LogP contribution in [0.15, 0.2) is 21.6 Å². The van der Waals surface area contributed by atoms with Gasteiger partial charge in [0.15, 0.2) is 0 Å². The van der Waals surface area contributed by atoms with Gasteiger partial charge in [-0.2, -0.15) is 4.31 Å². The van der Waals surface area contributed by atoms with Crippen LogP contribution in [0.2, 0.25) is 0 Å². The number of rotatable bonds is 9. The Morgan fingerprint density at radius 3 is 2.67 bits per heavy atom. The van der Waals surface area contributed by atoms with Gasteiger partial charge in [-0.15, -0.1) is 0 Å². The summed E-state index contributed by atoms with van der Waals surface area (Å²) in [6.45, 7) is 3.81. The summed E-state index contributed by atoms with van der Waals surface area (Å²) in [7, 11) is -3.48. The maximum atomic E-state index is 12.7. The van der Waals surface area contributed by atoms with Crippen molar-refractivity contribution < 1.29 is 12.8 Å². The van der Waals surface area contributed by atoms with Gasteiger partial charge >= 0.3 is 0 Å². The number of hydrogen-bond donors (Lipinski definition) is 1. The number of nitrogens with one attached hydrogen (secondary N) is 1. The molecule has 5 nitrogen and oxygen atoms in total. The molecule has 0 radical (unpaired) electrons. The van der Waals surface area contributed by atoms with Gasteiger partial charge in [0.1, 0.15) is 5.76 Å². The first-order valence-electron chi connectivity index (χ1n) is 7.92. The fraction of sp³-hybridized carbons (Fsp3) is 0.733. The van der Waals surface area contributed by atoms with Crippen LogP contribution in [0.3, 0.4) is 0 Å². The van der Waals surface area contributed by atoms with Gasteiger partial charge in [0.05, 0.1) is 6.54 Å². The predicted molar refractivity (Wildman–Crippen MR) is 80.3 cm³/mol.